The summed E-state index contributed by atoms with van der Waals surface area (Å²) in [5.41, 5.74) is 10.1. The van der Waals surface area contributed by atoms with Crippen molar-refractivity contribution in [3.8, 4) is 11.4 Å². The van der Waals surface area contributed by atoms with Crippen molar-refractivity contribution < 1.29 is 0 Å². The number of aryl methyl sites for hydroxylation is 1. The lowest BCUT2D eigenvalue weighted by Crippen LogP contribution is -1.97. The zero-order valence-electron chi connectivity index (χ0n) is 10.3. The maximum Gasteiger partial charge on any atom is 0.144 e. The fourth-order valence-electron chi connectivity index (χ4n) is 2.19. The second kappa shape index (κ2) is 4.27. The van der Waals surface area contributed by atoms with Crippen LogP contribution in [0.5, 0.6) is 0 Å². The van der Waals surface area contributed by atoms with Gasteiger partial charge in [-0.1, -0.05) is 30.3 Å². The molecule has 2 heterocycles. The molecule has 3 aromatic rings. The molecule has 0 bridgehead atoms. The number of rotatable bonds is 2. The first kappa shape index (κ1) is 11.0. The van der Waals surface area contributed by atoms with Crippen LogP contribution in [-0.2, 0) is 6.54 Å². The molecule has 0 spiro atoms. The SMILES string of the molecule is Cc1ccn2c(-c3ccccc3)nc(CN)c2c1. The van der Waals surface area contributed by atoms with Crippen LogP contribution in [0.2, 0.25) is 0 Å². The summed E-state index contributed by atoms with van der Waals surface area (Å²) < 4.78 is 2.10. The van der Waals surface area contributed by atoms with E-state index >= 15 is 0 Å². The van der Waals surface area contributed by atoms with E-state index in [-0.39, 0.29) is 0 Å². The average Bonchev–Trinajstić information content (AvgIpc) is 2.77. The monoisotopic (exact) mass is 237 g/mol. The number of pyridine rings is 1. The van der Waals surface area contributed by atoms with E-state index in [1.807, 2.05) is 18.2 Å². The quantitative estimate of drug-likeness (QED) is 0.744. The van der Waals surface area contributed by atoms with Gasteiger partial charge in [-0.25, -0.2) is 4.98 Å². The van der Waals surface area contributed by atoms with Crippen LogP contribution in [0.1, 0.15) is 11.3 Å². The Bertz CT molecular complexity index is 684. The normalized spacial score (nSPS) is 11.0. The molecule has 0 fully saturated rings. The second-order valence-electron chi connectivity index (χ2n) is 4.41. The first-order valence-electron chi connectivity index (χ1n) is 6.02. The number of nitrogens with two attached hydrogens (primary N) is 1. The van der Waals surface area contributed by atoms with E-state index in [1.54, 1.807) is 0 Å². The highest BCUT2D eigenvalue weighted by Gasteiger charge is 2.11. The van der Waals surface area contributed by atoms with Gasteiger partial charge < -0.3 is 5.73 Å². The van der Waals surface area contributed by atoms with Crippen molar-refractivity contribution in [2.45, 2.75) is 13.5 Å². The molecule has 18 heavy (non-hydrogen) atoms. The summed E-state index contributed by atoms with van der Waals surface area (Å²) in [6.07, 6.45) is 2.05. The van der Waals surface area contributed by atoms with Crippen LogP contribution in [0.4, 0.5) is 0 Å². The Morgan fingerprint density at radius 1 is 1.17 bits per heavy atom. The Hall–Kier alpha value is -2.13. The largest absolute Gasteiger partial charge is 0.325 e. The third-order valence-electron chi connectivity index (χ3n) is 3.10. The Kier molecular flexibility index (Phi) is 2.61. The van der Waals surface area contributed by atoms with Gasteiger partial charge in [-0.15, -0.1) is 0 Å². The first-order chi connectivity index (χ1) is 8.79. The number of imidazole rings is 1. The van der Waals surface area contributed by atoms with Crippen molar-refractivity contribution in [2.24, 2.45) is 5.73 Å². The van der Waals surface area contributed by atoms with E-state index in [1.165, 1.54) is 5.56 Å². The van der Waals surface area contributed by atoms with Gasteiger partial charge in [-0.3, -0.25) is 4.40 Å². The minimum Gasteiger partial charge on any atom is -0.325 e. The molecule has 0 aliphatic heterocycles. The molecular formula is C15H15N3. The minimum absolute atomic E-state index is 0.458. The molecule has 0 saturated carbocycles. The summed E-state index contributed by atoms with van der Waals surface area (Å²) >= 11 is 0. The molecule has 1 aromatic carbocycles. The van der Waals surface area contributed by atoms with Gasteiger partial charge in [0.05, 0.1) is 11.2 Å². The Labute approximate surface area is 106 Å². The van der Waals surface area contributed by atoms with Crippen molar-refractivity contribution in [2.75, 3.05) is 0 Å². The summed E-state index contributed by atoms with van der Waals surface area (Å²) in [5.74, 6) is 0.950. The van der Waals surface area contributed by atoms with Crippen LogP contribution < -0.4 is 5.73 Å². The summed E-state index contributed by atoms with van der Waals surface area (Å²) in [6, 6.07) is 14.4. The molecule has 2 aromatic heterocycles. The van der Waals surface area contributed by atoms with Crippen molar-refractivity contribution >= 4 is 5.52 Å². The van der Waals surface area contributed by atoms with Gasteiger partial charge in [0, 0.05) is 18.3 Å². The average molecular weight is 237 g/mol. The first-order valence-corrected chi connectivity index (χ1v) is 6.02. The molecule has 3 nitrogen and oxygen atoms in total. The van der Waals surface area contributed by atoms with Crippen molar-refractivity contribution in [3.63, 3.8) is 0 Å². The Morgan fingerprint density at radius 2 is 1.94 bits per heavy atom. The van der Waals surface area contributed by atoms with E-state index in [0.29, 0.717) is 6.54 Å². The third kappa shape index (κ3) is 1.69. The van der Waals surface area contributed by atoms with Gasteiger partial charge in [0.25, 0.3) is 0 Å². The lowest BCUT2D eigenvalue weighted by molar-refractivity contribution is 1.02. The van der Waals surface area contributed by atoms with Crippen LogP contribution in [0.15, 0.2) is 48.7 Å². The molecular weight excluding hydrogens is 222 g/mol. The van der Waals surface area contributed by atoms with Gasteiger partial charge in [0.15, 0.2) is 0 Å². The number of hydrogen-bond acceptors (Lipinski definition) is 2. The van der Waals surface area contributed by atoms with E-state index in [4.69, 9.17) is 5.73 Å². The smallest absolute Gasteiger partial charge is 0.144 e. The fourth-order valence-corrected chi connectivity index (χ4v) is 2.19. The van der Waals surface area contributed by atoms with Crippen molar-refractivity contribution in [1.29, 1.82) is 0 Å². The molecule has 3 heteroatoms. The van der Waals surface area contributed by atoms with E-state index in [9.17, 15) is 0 Å². The summed E-state index contributed by atoms with van der Waals surface area (Å²) in [6.45, 7) is 2.54. The van der Waals surface area contributed by atoms with E-state index in [2.05, 4.69) is 46.8 Å². The molecule has 0 amide bonds. The molecule has 0 aliphatic rings. The van der Waals surface area contributed by atoms with Gasteiger partial charge in [-0.05, 0) is 24.6 Å². The van der Waals surface area contributed by atoms with Gasteiger partial charge in [-0.2, -0.15) is 0 Å². The minimum atomic E-state index is 0.458. The molecule has 0 unspecified atom stereocenters. The highest BCUT2D eigenvalue weighted by molar-refractivity contribution is 5.66. The molecule has 90 valence electrons. The molecule has 0 atom stereocenters. The van der Waals surface area contributed by atoms with Crippen LogP contribution >= 0.6 is 0 Å². The molecule has 2 N–H and O–H groups in total. The number of fused-ring (bicyclic) bond motifs is 1. The third-order valence-corrected chi connectivity index (χ3v) is 3.10. The molecule has 0 radical (unpaired) electrons. The van der Waals surface area contributed by atoms with Gasteiger partial charge in [0.2, 0.25) is 0 Å². The Balaban J connectivity index is 2.31. The zero-order valence-corrected chi connectivity index (χ0v) is 10.3. The van der Waals surface area contributed by atoms with E-state index in [0.717, 1.165) is 22.6 Å². The Morgan fingerprint density at radius 3 is 2.67 bits per heavy atom. The summed E-state index contributed by atoms with van der Waals surface area (Å²) in [4.78, 5) is 4.66. The molecule has 0 aliphatic carbocycles. The van der Waals surface area contributed by atoms with E-state index < -0.39 is 0 Å². The highest BCUT2D eigenvalue weighted by Crippen LogP contribution is 2.23. The van der Waals surface area contributed by atoms with Crippen LogP contribution in [-0.4, -0.2) is 9.38 Å². The highest BCUT2D eigenvalue weighted by atomic mass is 15.0. The topological polar surface area (TPSA) is 43.3 Å². The maximum atomic E-state index is 5.78. The number of hydrogen-bond donors (Lipinski definition) is 1. The van der Waals surface area contributed by atoms with Crippen LogP contribution in [0, 0.1) is 6.92 Å². The predicted octanol–water partition coefficient (Wildman–Crippen LogP) is 2.77. The second-order valence-corrected chi connectivity index (χ2v) is 4.41. The number of nitrogens with zero attached hydrogens (tertiary/aromatic N) is 2. The van der Waals surface area contributed by atoms with Crippen molar-refractivity contribution in [1.82, 2.24) is 9.38 Å². The maximum absolute atomic E-state index is 5.78. The number of benzene rings is 1. The van der Waals surface area contributed by atoms with Crippen LogP contribution in [0.25, 0.3) is 16.9 Å². The molecule has 0 saturated heterocycles. The fraction of sp³-hybridized carbons (Fsp3) is 0.133. The summed E-state index contributed by atoms with van der Waals surface area (Å²) in [7, 11) is 0. The van der Waals surface area contributed by atoms with Gasteiger partial charge in [0.1, 0.15) is 5.82 Å². The number of aromatic nitrogens is 2. The van der Waals surface area contributed by atoms with Crippen LogP contribution in [0.3, 0.4) is 0 Å². The van der Waals surface area contributed by atoms with Gasteiger partial charge >= 0.3 is 0 Å². The predicted molar refractivity (Wildman–Crippen MR) is 73.3 cm³/mol. The standard InChI is InChI=1S/C15H15N3/c1-11-7-8-18-14(9-11)13(10-16)17-15(18)12-5-3-2-4-6-12/h2-9H,10,16H2,1H3. The lowest BCUT2D eigenvalue weighted by atomic mass is 10.2. The van der Waals surface area contributed by atoms with Crippen molar-refractivity contribution in [3.05, 3.63) is 59.9 Å². The summed E-state index contributed by atoms with van der Waals surface area (Å²) in [5, 5.41) is 0. The molecule has 3 rings (SSSR count). The zero-order chi connectivity index (χ0) is 12.5. The lowest BCUT2D eigenvalue weighted by Gasteiger charge is -2.01.